The maximum atomic E-state index is 11.9. The number of cyclic esters (lactones) is 1. The second-order valence-corrected chi connectivity index (χ2v) is 13.0. The highest BCUT2D eigenvalue weighted by Crippen LogP contribution is 2.32. The van der Waals surface area contributed by atoms with E-state index in [1.807, 2.05) is 0 Å². The van der Waals surface area contributed by atoms with E-state index in [-0.39, 0.29) is 11.9 Å². The molecular formula is C40H72O2. The zero-order valence-electron chi connectivity index (χ0n) is 28.5. The van der Waals surface area contributed by atoms with Crippen LogP contribution in [0, 0.1) is 5.92 Å². The molecule has 244 valence electrons. The second-order valence-electron chi connectivity index (χ2n) is 13.0. The minimum atomic E-state index is 0.0165. The Bertz CT molecular complexity index is 673. The number of unbranched alkanes of at least 4 members (excludes halogenated alkanes) is 25. The number of ether oxygens (including phenoxy) is 1. The summed E-state index contributed by atoms with van der Waals surface area (Å²) in [5.74, 6) is 1.07. The quantitative estimate of drug-likeness (QED) is 0.0446. The third kappa shape index (κ3) is 24.2. The predicted molar refractivity (Wildman–Crippen MR) is 186 cm³/mol. The minimum Gasteiger partial charge on any atom is -0.430 e. The molecule has 1 fully saturated rings. The van der Waals surface area contributed by atoms with Crippen LogP contribution in [0.3, 0.4) is 0 Å². The van der Waals surface area contributed by atoms with Crippen molar-refractivity contribution >= 4 is 5.97 Å². The highest BCUT2D eigenvalue weighted by atomic mass is 16.6. The topological polar surface area (TPSA) is 26.3 Å². The Labute approximate surface area is 263 Å². The van der Waals surface area contributed by atoms with Crippen molar-refractivity contribution in [3.05, 3.63) is 36.1 Å². The van der Waals surface area contributed by atoms with E-state index >= 15 is 0 Å². The van der Waals surface area contributed by atoms with E-state index in [4.69, 9.17) is 4.74 Å². The molecule has 1 saturated heterocycles. The molecule has 2 nitrogen and oxygen atoms in total. The Morgan fingerprint density at radius 3 is 1.14 bits per heavy atom. The van der Waals surface area contributed by atoms with Gasteiger partial charge in [-0.2, -0.15) is 0 Å². The van der Waals surface area contributed by atoms with Gasteiger partial charge in [0.05, 0.1) is 0 Å². The van der Waals surface area contributed by atoms with Gasteiger partial charge in [0.2, 0.25) is 0 Å². The standard InChI is InChI=1S/C40H72O2/c1-3-5-7-9-11-13-15-17-19-21-23-25-27-29-31-33-35-37-39-38(40(41)42-39)36-34-32-30-28-26-24-22-20-18-16-14-12-10-8-6-4-2/h5-8,37-38H,3-4,9-36H2,1-2H3/b7-5+,8-6+,39-37-. The number of hydrogen-bond donors (Lipinski definition) is 0. The van der Waals surface area contributed by atoms with Crippen LogP contribution in [0.4, 0.5) is 0 Å². The lowest BCUT2D eigenvalue weighted by Gasteiger charge is -2.28. The van der Waals surface area contributed by atoms with Gasteiger partial charge in [0, 0.05) is 0 Å². The molecular weight excluding hydrogens is 512 g/mol. The third-order valence-corrected chi connectivity index (χ3v) is 8.94. The van der Waals surface area contributed by atoms with E-state index in [0.717, 1.165) is 18.6 Å². The summed E-state index contributed by atoms with van der Waals surface area (Å²) in [6.45, 7) is 4.42. The Morgan fingerprint density at radius 1 is 0.452 bits per heavy atom. The predicted octanol–water partition coefficient (Wildman–Crippen LogP) is 13.9. The first-order valence-electron chi connectivity index (χ1n) is 19.0. The lowest BCUT2D eigenvalue weighted by molar-refractivity contribution is -0.157. The van der Waals surface area contributed by atoms with Crippen molar-refractivity contribution in [1.82, 2.24) is 0 Å². The molecule has 0 spiro atoms. The van der Waals surface area contributed by atoms with Gasteiger partial charge in [0.25, 0.3) is 0 Å². The van der Waals surface area contributed by atoms with Gasteiger partial charge in [0.1, 0.15) is 11.7 Å². The normalized spacial score (nSPS) is 16.2. The molecule has 0 N–H and O–H groups in total. The number of allylic oxidation sites excluding steroid dienone is 5. The highest BCUT2D eigenvalue weighted by molar-refractivity contribution is 5.82. The molecule has 2 heteroatoms. The van der Waals surface area contributed by atoms with Gasteiger partial charge in [-0.05, 0) is 63.9 Å². The summed E-state index contributed by atoms with van der Waals surface area (Å²) in [5, 5.41) is 0. The molecule has 0 saturated carbocycles. The molecule has 1 atom stereocenters. The lowest BCUT2D eigenvalue weighted by atomic mass is 9.93. The summed E-state index contributed by atoms with van der Waals surface area (Å²) < 4.78 is 5.38. The molecule has 1 unspecified atom stereocenters. The van der Waals surface area contributed by atoms with Gasteiger partial charge in [-0.15, -0.1) is 0 Å². The van der Waals surface area contributed by atoms with Gasteiger partial charge in [-0.25, -0.2) is 0 Å². The van der Waals surface area contributed by atoms with Gasteiger partial charge in [-0.3, -0.25) is 4.79 Å². The monoisotopic (exact) mass is 585 g/mol. The highest BCUT2D eigenvalue weighted by Gasteiger charge is 2.36. The van der Waals surface area contributed by atoms with E-state index < -0.39 is 0 Å². The van der Waals surface area contributed by atoms with Crippen LogP contribution < -0.4 is 0 Å². The molecule has 42 heavy (non-hydrogen) atoms. The molecule has 0 amide bonds. The number of carbonyl (C=O) groups excluding carboxylic acids is 1. The lowest BCUT2D eigenvalue weighted by Crippen LogP contribution is -2.32. The summed E-state index contributed by atoms with van der Waals surface area (Å²) in [7, 11) is 0. The van der Waals surface area contributed by atoms with Crippen molar-refractivity contribution in [1.29, 1.82) is 0 Å². The van der Waals surface area contributed by atoms with Crippen LogP contribution >= 0.6 is 0 Å². The smallest absolute Gasteiger partial charge is 0.321 e. The van der Waals surface area contributed by atoms with E-state index in [0.29, 0.717) is 0 Å². The zero-order valence-corrected chi connectivity index (χ0v) is 28.5. The number of rotatable bonds is 32. The maximum absolute atomic E-state index is 11.9. The minimum absolute atomic E-state index is 0.0165. The third-order valence-electron chi connectivity index (χ3n) is 8.94. The fourth-order valence-electron chi connectivity index (χ4n) is 6.13. The van der Waals surface area contributed by atoms with Crippen molar-refractivity contribution < 1.29 is 9.53 Å². The number of hydrogen-bond acceptors (Lipinski definition) is 2. The maximum Gasteiger partial charge on any atom is 0.321 e. The molecule has 0 aromatic heterocycles. The summed E-state index contributed by atoms with van der Waals surface area (Å²) in [4.78, 5) is 11.9. The Balaban J connectivity index is 1.83. The average Bonchev–Trinajstić information content (AvgIpc) is 2.99. The number of esters is 1. The van der Waals surface area contributed by atoms with Gasteiger partial charge >= 0.3 is 5.97 Å². The van der Waals surface area contributed by atoms with Gasteiger partial charge < -0.3 is 4.74 Å². The van der Waals surface area contributed by atoms with Gasteiger partial charge in [-0.1, -0.05) is 173 Å². The largest absolute Gasteiger partial charge is 0.430 e. The molecule has 0 aliphatic carbocycles. The summed E-state index contributed by atoms with van der Waals surface area (Å²) in [6, 6.07) is 0. The van der Waals surface area contributed by atoms with Gasteiger partial charge in [0.15, 0.2) is 0 Å². The molecule has 0 aromatic carbocycles. The van der Waals surface area contributed by atoms with E-state index in [9.17, 15) is 4.79 Å². The Morgan fingerprint density at radius 2 is 0.786 bits per heavy atom. The summed E-state index contributed by atoms with van der Waals surface area (Å²) >= 11 is 0. The van der Waals surface area contributed by atoms with Crippen molar-refractivity contribution in [2.24, 2.45) is 5.92 Å². The van der Waals surface area contributed by atoms with Crippen molar-refractivity contribution in [2.45, 2.75) is 206 Å². The molecule has 1 aliphatic rings. The average molecular weight is 585 g/mol. The molecule has 0 bridgehead atoms. The zero-order chi connectivity index (χ0) is 30.2. The van der Waals surface area contributed by atoms with Crippen LogP contribution in [-0.2, 0) is 9.53 Å². The van der Waals surface area contributed by atoms with Crippen LogP contribution in [0.1, 0.15) is 206 Å². The van der Waals surface area contributed by atoms with E-state index in [1.165, 1.54) is 180 Å². The van der Waals surface area contributed by atoms with Crippen LogP contribution in [0.25, 0.3) is 0 Å². The van der Waals surface area contributed by atoms with Crippen LogP contribution in [0.2, 0.25) is 0 Å². The first-order valence-corrected chi connectivity index (χ1v) is 19.0. The molecule has 1 rings (SSSR count). The molecule has 0 radical (unpaired) electrons. The number of carbonyl (C=O) groups is 1. The van der Waals surface area contributed by atoms with Crippen LogP contribution in [0.15, 0.2) is 36.1 Å². The van der Waals surface area contributed by atoms with Crippen LogP contribution in [0.5, 0.6) is 0 Å². The second kappa shape index (κ2) is 31.1. The summed E-state index contributed by atoms with van der Waals surface area (Å²) in [6.07, 6.45) is 51.4. The molecule has 1 aliphatic heterocycles. The summed E-state index contributed by atoms with van der Waals surface area (Å²) in [5.41, 5.74) is 0. The van der Waals surface area contributed by atoms with Crippen molar-refractivity contribution in [3.8, 4) is 0 Å². The molecule has 0 aromatic rings. The molecule has 1 heterocycles. The van der Waals surface area contributed by atoms with Crippen molar-refractivity contribution in [2.75, 3.05) is 0 Å². The van der Waals surface area contributed by atoms with Crippen LogP contribution in [-0.4, -0.2) is 5.97 Å². The van der Waals surface area contributed by atoms with E-state index in [2.05, 4.69) is 44.2 Å². The Kier molecular flexibility index (Phi) is 28.7. The first kappa shape index (κ1) is 38.7. The SMILES string of the molecule is CC/C=C/CCCCCCCCCCCCCC/C=C1\OC(=O)C1CCCCCCCCCCCCCC/C=C/CC. The fraction of sp³-hybridized carbons (Fsp3) is 0.825. The van der Waals surface area contributed by atoms with Crippen molar-refractivity contribution in [3.63, 3.8) is 0 Å². The fourth-order valence-corrected chi connectivity index (χ4v) is 6.13. The van der Waals surface area contributed by atoms with E-state index in [1.54, 1.807) is 0 Å². The first-order chi connectivity index (χ1) is 20.8. The Hall–Kier alpha value is -1.31.